The summed E-state index contributed by atoms with van der Waals surface area (Å²) in [5.74, 6) is 0.599. The van der Waals surface area contributed by atoms with Crippen molar-refractivity contribution in [1.29, 1.82) is 5.26 Å². The molecule has 1 saturated heterocycles. The van der Waals surface area contributed by atoms with E-state index in [1.54, 1.807) is 24.3 Å². The van der Waals surface area contributed by atoms with Crippen LogP contribution in [0.5, 0.6) is 0 Å². The second-order valence-electron chi connectivity index (χ2n) is 6.49. The van der Waals surface area contributed by atoms with E-state index in [4.69, 9.17) is 0 Å². The first kappa shape index (κ1) is 17.9. The van der Waals surface area contributed by atoms with Crippen LogP contribution in [0, 0.1) is 17.2 Å². The van der Waals surface area contributed by atoms with Crippen molar-refractivity contribution >= 4 is 28.7 Å². The van der Waals surface area contributed by atoms with Crippen LogP contribution in [-0.2, 0) is 0 Å². The van der Waals surface area contributed by atoms with E-state index in [9.17, 15) is 5.26 Å². The molecular formula is C18H24N6S. The lowest BCUT2D eigenvalue weighted by Gasteiger charge is -2.38. The van der Waals surface area contributed by atoms with Gasteiger partial charge in [0.15, 0.2) is 0 Å². The van der Waals surface area contributed by atoms with E-state index in [1.165, 1.54) is 6.42 Å². The third-order valence-electron chi connectivity index (χ3n) is 4.53. The molecule has 1 aromatic carbocycles. The molecule has 2 heterocycles. The molecule has 0 radical (unpaired) electrons. The summed E-state index contributed by atoms with van der Waals surface area (Å²) < 4.78 is 3.27. The number of rotatable bonds is 6. The van der Waals surface area contributed by atoms with Gasteiger partial charge in [-0.1, -0.05) is 18.9 Å². The van der Waals surface area contributed by atoms with Crippen LogP contribution < -0.4 is 14.9 Å². The van der Waals surface area contributed by atoms with E-state index in [1.807, 2.05) is 18.4 Å². The average Bonchev–Trinajstić information content (AvgIpc) is 2.64. The lowest BCUT2D eigenvalue weighted by Crippen LogP contribution is -2.49. The van der Waals surface area contributed by atoms with Crippen LogP contribution >= 0.6 is 11.9 Å². The second-order valence-corrected chi connectivity index (χ2v) is 7.19. The zero-order valence-electron chi connectivity index (χ0n) is 14.7. The Bertz CT molecular complexity index is 759. The minimum Gasteiger partial charge on any atom is -0.368 e. The van der Waals surface area contributed by atoms with Crippen molar-refractivity contribution in [3.05, 3.63) is 30.1 Å². The zero-order valence-corrected chi connectivity index (χ0v) is 15.5. The van der Waals surface area contributed by atoms with Gasteiger partial charge in [-0.15, -0.1) is 0 Å². The summed E-state index contributed by atoms with van der Waals surface area (Å²) >= 11 is 1.65. The molecule has 6 nitrogen and oxygen atoms in total. The number of hydrogen-bond acceptors (Lipinski definition) is 7. The average molecular weight is 356 g/mol. The summed E-state index contributed by atoms with van der Waals surface area (Å²) in [5, 5.41) is 13.0. The third-order valence-corrected chi connectivity index (χ3v) is 5.02. The predicted molar refractivity (Wildman–Crippen MR) is 104 cm³/mol. The van der Waals surface area contributed by atoms with Gasteiger partial charge in [0.1, 0.15) is 17.1 Å². The maximum atomic E-state index is 9.31. The Labute approximate surface area is 153 Å². The van der Waals surface area contributed by atoms with Crippen molar-refractivity contribution in [3.8, 4) is 6.07 Å². The zero-order chi connectivity index (χ0) is 17.6. The Kier molecular flexibility index (Phi) is 6.08. The van der Waals surface area contributed by atoms with Crippen LogP contribution in [0.25, 0.3) is 11.0 Å². The first-order valence-corrected chi connectivity index (χ1v) is 9.83. The van der Waals surface area contributed by atoms with Crippen LogP contribution in [0.2, 0.25) is 0 Å². The van der Waals surface area contributed by atoms with Crippen LogP contribution in [0.15, 0.2) is 24.5 Å². The van der Waals surface area contributed by atoms with Crippen molar-refractivity contribution in [2.75, 3.05) is 37.3 Å². The number of piperidine rings is 1. The number of benzene rings is 1. The van der Waals surface area contributed by atoms with E-state index in [2.05, 4.69) is 37.9 Å². The smallest absolute Gasteiger partial charge is 0.113 e. The highest BCUT2D eigenvalue weighted by Crippen LogP contribution is 2.29. The van der Waals surface area contributed by atoms with E-state index in [-0.39, 0.29) is 0 Å². The van der Waals surface area contributed by atoms with Gasteiger partial charge in [0.25, 0.3) is 0 Å². The Balaban J connectivity index is 1.81. The number of nitrogens with one attached hydrogen (secondary N) is 2. The van der Waals surface area contributed by atoms with Crippen LogP contribution in [-0.4, -0.2) is 48.4 Å². The topological polar surface area (TPSA) is 76.9 Å². The van der Waals surface area contributed by atoms with Crippen molar-refractivity contribution in [2.45, 2.75) is 19.4 Å². The second kappa shape index (κ2) is 8.48. The fraction of sp³-hybridized carbons (Fsp3) is 0.500. The van der Waals surface area contributed by atoms with Crippen LogP contribution in [0.3, 0.4) is 0 Å². The van der Waals surface area contributed by atoms with Gasteiger partial charge in [-0.2, -0.15) is 5.26 Å². The van der Waals surface area contributed by atoms with Crippen molar-refractivity contribution in [1.82, 2.24) is 20.0 Å². The molecule has 1 fully saturated rings. The molecule has 1 aliphatic heterocycles. The van der Waals surface area contributed by atoms with Gasteiger partial charge >= 0.3 is 0 Å². The van der Waals surface area contributed by atoms with E-state index < -0.39 is 0 Å². The maximum Gasteiger partial charge on any atom is 0.113 e. The highest BCUT2D eigenvalue weighted by atomic mass is 32.2. The molecule has 2 N–H and O–H groups in total. The molecular weight excluding hydrogens is 332 g/mol. The number of nitrogens with zero attached hydrogens (tertiary/aromatic N) is 4. The first-order valence-electron chi connectivity index (χ1n) is 8.61. The summed E-state index contributed by atoms with van der Waals surface area (Å²) in [5.41, 5.74) is 3.16. The summed E-state index contributed by atoms with van der Waals surface area (Å²) in [6.07, 6.45) is 6.57. The van der Waals surface area contributed by atoms with Gasteiger partial charge in [-0.25, -0.2) is 0 Å². The molecule has 0 bridgehead atoms. The van der Waals surface area contributed by atoms with E-state index in [0.717, 1.165) is 37.4 Å². The number of aromatic nitrogens is 2. The minimum absolute atomic E-state index is 0.453. The summed E-state index contributed by atoms with van der Waals surface area (Å²) in [6, 6.07) is 6.54. The summed E-state index contributed by atoms with van der Waals surface area (Å²) in [7, 11) is 0. The lowest BCUT2D eigenvalue weighted by atomic mass is 9.95. The number of nitriles is 1. The molecule has 1 aromatic heterocycles. The van der Waals surface area contributed by atoms with Crippen molar-refractivity contribution < 1.29 is 0 Å². The normalized spacial score (nSPS) is 20.6. The number of hydrogen-bond donors (Lipinski definition) is 2. The van der Waals surface area contributed by atoms with Crippen LogP contribution in [0.1, 0.15) is 18.9 Å². The molecule has 0 amide bonds. The minimum atomic E-state index is 0.453. The van der Waals surface area contributed by atoms with Gasteiger partial charge in [0.2, 0.25) is 0 Å². The summed E-state index contributed by atoms with van der Waals surface area (Å²) in [4.78, 5) is 11.3. The van der Waals surface area contributed by atoms with Gasteiger partial charge in [0.05, 0.1) is 11.3 Å². The Hall–Kier alpha value is -1.88. The standard InChI is InChI=1S/C18H24N6S/c1-13-9-15(20-7-8-23-25-2)12-24(11-13)16-4-3-14(10-19)17-18(16)22-6-5-21-17/h3-6,13,15,20,23H,7-9,11-12H2,1-2H3/t13-,15+/m0/s1. The molecule has 0 unspecified atom stereocenters. The molecule has 25 heavy (non-hydrogen) atoms. The van der Waals surface area contributed by atoms with Crippen LogP contribution in [0.4, 0.5) is 5.69 Å². The fourth-order valence-electron chi connectivity index (χ4n) is 3.51. The molecule has 7 heteroatoms. The number of fused-ring (bicyclic) bond motifs is 1. The van der Waals surface area contributed by atoms with Gasteiger partial charge in [0, 0.05) is 44.6 Å². The molecule has 0 saturated carbocycles. The highest BCUT2D eigenvalue weighted by Gasteiger charge is 2.26. The summed E-state index contributed by atoms with van der Waals surface area (Å²) in [6.45, 7) is 6.15. The third kappa shape index (κ3) is 4.21. The van der Waals surface area contributed by atoms with E-state index >= 15 is 0 Å². The molecule has 132 valence electrons. The Morgan fingerprint density at radius 3 is 2.80 bits per heavy atom. The maximum absolute atomic E-state index is 9.31. The number of anilines is 1. The van der Waals surface area contributed by atoms with Gasteiger partial charge < -0.3 is 10.2 Å². The largest absolute Gasteiger partial charge is 0.368 e. The monoisotopic (exact) mass is 356 g/mol. The molecule has 0 spiro atoms. The SMILES string of the molecule is CSNCCN[C@@H]1C[C@H](C)CN(c2ccc(C#N)c3nccnc23)C1. The first-order chi connectivity index (χ1) is 12.2. The van der Waals surface area contributed by atoms with Gasteiger partial charge in [-0.3, -0.25) is 14.7 Å². The molecule has 0 aliphatic carbocycles. The van der Waals surface area contributed by atoms with Crippen molar-refractivity contribution in [3.63, 3.8) is 0 Å². The van der Waals surface area contributed by atoms with Crippen molar-refractivity contribution in [2.24, 2.45) is 5.92 Å². The quantitative estimate of drug-likeness (QED) is 0.607. The Morgan fingerprint density at radius 2 is 2.04 bits per heavy atom. The molecule has 2 aromatic rings. The predicted octanol–water partition coefficient (Wildman–Crippen LogP) is 2.17. The Morgan fingerprint density at radius 1 is 1.24 bits per heavy atom. The highest BCUT2D eigenvalue weighted by molar-refractivity contribution is 7.96. The molecule has 2 atom stereocenters. The molecule has 1 aliphatic rings. The fourth-order valence-corrected chi connectivity index (χ4v) is 3.82. The lowest BCUT2D eigenvalue weighted by molar-refractivity contribution is 0.353. The van der Waals surface area contributed by atoms with E-state index in [0.29, 0.717) is 23.0 Å². The van der Waals surface area contributed by atoms with Gasteiger partial charge in [-0.05, 0) is 30.7 Å². The molecule has 3 rings (SSSR count).